The lowest BCUT2D eigenvalue weighted by atomic mass is 10.2. The molecular formula is C12H20N2O2. The zero-order valence-electron chi connectivity index (χ0n) is 9.72. The molecule has 4 heteroatoms. The second-order valence-electron chi connectivity index (χ2n) is 3.73. The van der Waals surface area contributed by atoms with Crippen LogP contribution in [0.25, 0.3) is 0 Å². The molecule has 0 aromatic heterocycles. The van der Waals surface area contributed by atoms with E-state index in [0.29, 0.717) is 19.7 Å². The Hall–Kier alpha value is -1.10. The molecule has 90 valence electrons. The maximum absolute atomic E-state index is 8.72. The fraction of sp³-hybridized carbons (Fsp3) is 0.500. The second-order valence-corrected chi connectivity index (χ2v) is 3.73. The topological polar surface area (TPSA) is 58.7 Å². The molecule has 1 rings (SSSR count). The summed E-state index contributed by atoms with van der Waals surface area (Å²) in [5, 5.41) is 8.72. The van der Waals surface area contributed by atoms with E-state index in [1.54, 1.807) is 0 Å². The van der Waals surface area contributed by atoms with Crippen molar-refractivity contribution in [3.05, 3.63) is 29.8 Å². The highest BCUT2D eigenvalue weighted by molar-refractivity contribution is 5.28. The lowest BCUT2D eigenvalue weighted by Crippen LogP contribution is -2.27. The molecular weight excluding hydrogens is 204 g/mol. The number of nitrogens with zero attached hydrogens (tertiary/aromatic N) is 1. The van der Waals surface area contributed by atoms with E-state index in [4.69, 9.17) is 15.6 Å². The Labute approximate surface area is 96.6 Å². The van der Waals surface area contributed by atoms with Crippen LogP contribution >= 0.6 is 0 Å². The summed E-state index contributed by atoms with van der Waals surface area (Å²) in [5.41, 5.74) is 6.61. The van der Waals surface area contributed by atoms with Gasteiger partial charge in [-0.2, -0.15) is 0 Å². The number of nitrogens with two attached hydrogens (primary N) is 1. The minimum Gasteiger partial charge on any atom is -0.492 e. The Bertz CT molecular complexity index is 305. The van der Waals surface area contributed by atoms with Crippen molar-refractivity contribution in [1.82, 2.24) is 4.90 Å². The number of hydrogen-bond donors (Lipinski definition) is 2. The number of aliphatic hydroxyl groups excluding tert-OH is 1. The van der Waals surface area contributed by atoms with Gasteiger partial charge in [-0.25, -0.2) is 0 Å². The standard InChI is InChI=1S/C12H20N2O2/c1-14(5-7-15)6-8-16-12-4-2-3-11(9-12)10-13/h2-4,9,15H,5-8,10,13H2,1H3. The van der Waals surface area contributed by atoms with Crippen molar-refractivity contribution in [2.75, 3.05) is 33.4 Å². The summed E-state index contributed by atoms with van der Waals surface area (Å²) in [6.07, 6.45) is 0. The molecule has 0 spiro atoms. The van der Waals surface area contributed by atoms with Crippen LogP contribution in [0.15, 0.2) is 24.3 Å². The normalized spacial score (nSPS) is 10.8. The van der Waals surface area contributed by atoms with E-state index in [-0.39, 0.29) is 6.61 Å². The number of benzene rings is 1. The molecule has 0 radical (unpaired) electrons. The zero-order chi connectivity index (χ0) is 11.8. The van der Waals surface area contributed by atoms with Gasteiger partial charge in [-0.05, 0) is 24.7 Å². The molecule has 0 heterocycles. The second kappa shape index (κ2) is 7.22. The molecule has 3 N–H and O–H groups in total. The molecule has 1 aromatic carbocycles. The van der Waals surface area contributed by atoms with E-state index in [9.17, 15) is 0 Å². The third-order valence-corrected chi connectivity index (χ3v) is 2.36. The van der Waals surface area contributed by atoms with Crippen molar-refractivity contribution in [3.63, 3.8) is 0 Å². The van der Waals surface area contributed by atoms with Crippen molar-refractivity contribution >= 4 is 0 Å². The number of ether oxygens (including phenoxy) is 1. The quantitative estimate of drug-likeness (QED) is 0.706. The first-order valence-corrected chi connectivity index (χ1v) is 5.47. The highest BCUT2D eigenvalue weighted by Crippen LogP contribution is 2.12. The van der Waals surface area contributed by atoms with Crippen LogP contribution in [0.3, 0.4) is 0 Å². The predicted octanol–water partition coefficient (Wildman–Crippen LogP) is 0.448. The molecule has 0 saturated carbocycles. The van der Waals surface area contributed by atoms with Crippen LogP contribution < -0.4 is 10.5 Å². The molecule has 0 saturated heterocycles. The highest BCUT2D eigenvalue weighted by atomic mass is 16.5. The van der Waals surface area contributed by atoms with Gasteiger partial charge in [-0.15, -0.1) is 0 Å². The summed E-state index contributed by atoms with van der Waals surface area (Å²) in [4.78, 5) is 2.02. The van der Waals surface area contributed by atoms with Crippen LogP contribution in [0, 0.1) is 0 Å². The average molecular weight is 224 g/mol. The summed E-state index contributed by atoms with van der Waals surface area (Å²) >= 11 is 0. The third-order valence-electron chi connectivity index (χ3n) is 2.36. The van der Waals surface area contributed by atoms with Crippen molar-refractivity contribution in [2.24, 2.45) is 5.73 Å². The minimum atomic E-state index is 0.180. The first-order valence-electron chi connectivity index (χ1n) is 5.47. The predicted molar refractivity (Wildman–Crippen MR) is 64.4 cm³/mol. The smallest absolute Gasteiger partial charge is 0.119 e. The van der Waals surface area contributed by atoms with Gasteiger partial charge in [0.25, 0.3) is 0 Å². The van der Waals surface area contributed by atoms with Gasteiger partial charge in [0.15, 0.2) is 0 Å². The monoisotopic (exact) mass is 224 g/mol. The molecule has 0 amide bonds. The molecule has 0 unspecified atom stereocenters. The van der Waals surface area contributed by atoms with Gasteiger partial charge >= 0.3 is 0 Å². The van der Waals surface area contributed by atoms with Crippen molar-refractivity contribution in [3.8, 4) is 5.75 Å². The van der Waals surface area contributed by atoms with E-state index in [0.717, 1.165) is 17.9 Å². The zero-order valence-corrected chi connectivity index (χ0v) is 9.72. The van der Waals surface area contributed by atoms with Gasteiger partial charge in [0.1, 0.15) is 12.4 Å². The van der Waals surface area contributed by atoms with Crippen LogP contribution in [0.2, 0.25) is 0 Å². The molecule has 16 heavy (non-hydrogen) atoms. The third kappa shape index (κ3) is 4.61. The van der Waals surface area contributed by atoms with Gasteiger partial charge in [-0.1, -0.05) is 12.1 Å². The summed E-state index contributed by atoms with van der Waals surface area (Å²) in [6, 6.07) is 7.79. The van der Waals surface area contributed by atoms with Crippen molar-refractivity contribution in [2.45, 2.75) is 6.54 Å². The minimum absolute atomic E-state index is 0.180. The van der Waals surface area contributed by atoms with Gasteiger partial charge in [0.05, 0.1) is 6.61 Å². The first-order chi connectivity index (χ1) is 7.76. The molecule has 1 aromatic rings. The van der Waals surface area contributed by atoms with E-state index in [1.807, 2.05) is 36.2 Å². The SMILES string of the molecule is CN(CCO)CCOc1cccc(CN)c1. The maximum Gasteiger partial charge on any atom is 0.119 e. The van der Waals surface area contributed by atoms with Crippen LogP contribution in [0.4, 0.5) is 0 Å². The Morgan fingerprint density at radius 2 is 2.19 bits per heavy atom. The average Bonchev–Trinajstić information content (AvgIpc) is 2.30. The number of likely N-dealkylation sites (N-methyl/N-ethyl adjacent to an activating group) is 1. The molecule has 0 aliphatic heterocycles. The molecule has 0 atom stereocenters. The fourth-order valence-electron chi connectivity index (χ4n) is 1.36. The Morgan fingerprint density at radius 3 is 2.88 bits per heavy atom. The Morgan fingerprint density at radius 1 is 1.38 bits per heavy atom. The molecule has 4 nitrogen and oxygen atoms in total. The lowest BCUT2D eigenvalue weighted by molar-refractivity contribution is 0.192. The highest BCUT2D eigenvalue weighted by Gasteiger charge is 1.98. The summed E-state index contributed by atoms with van der Waals surface area (Å²) in [5.74, 6) is 0.848. The van der Waals surface area contributed by atoms with Gasteiger partial charge in [0, 0.05) is 19.6 Å². The van der Waals surface area contributed by atoms with E-state index in [1.165, 1.54) is 0 Å². The molecule has 0 bridgehead atoms. The van der Waals surface area contributed by atoms with Gasteiger partial charge in [0.2, 0.25) is 0 Å². The first kappa shape index (κ1) is 13.0. The van der Waals surface area contributed by atoms with Crippen LogP contribution in [-0.2, 0) is 6.54 Å². The lowest BCUT2D eigenvalue weighted by Gasteiger charge is -2.15. The van der Waals surface area contributed by atoms with Gasteiger partial charge in [-0.3, -0.25) is 0 Å². The van der Waals surface area contributed by atoms with Crippen molar-refractivity contribution in [1.29, 1.82) is 0 Å². The fourth-order valence-corrected chi connectivity index (χ4v) is 1.36. The van der Waals surface area contributed by atoms with Crippen LogP contribution in [0.1, 0.15) is 5.56 Å². The van der Waals surface area contributed by atoms with Crippen LogP contribution in [0.5, 0.6) is 5.75 Å². The Kier molecular flexibility index (Phi) is 5.85. The van der Waals surface area contributed by atoms with Crippen molar-refractivity contribution < 1.29 is 9.84 Å². The number of rotatable bonds is 7. The largest absolute Gasteiger partial charge is 0.492 e. The summed E-state index contributed by atoms with van der Waals surface area (Å²) in [6.45, 7) is 2.80. The van der Waals surface area contributed by atoms with Gasteiger partial charge < -0.3 is 20.5 Å². The maximum atomic E-state index is 8.72. The number of aliphatic hydroxyl groups is 1. The Balaban J connectivity index is 2.31. The molecule has 0 fully saturated rings. The van der Waals surface area contributed by atoms with Crippen LogP contribution in [-0.4, -0.2) is 43.4 Å². The molecule has 0 aliphatic rings. The van der Waals surface area contributed by atoms with E-state index >= 15 is 0 Å². The van der Waals surface area contributed by atoms with E-state index in [2.05, 4.69) is 0 Å². The number of hydrogen-bond acceptors (Lipinski definition) is 4. The summed E-state index contributed by atoms with van der Waals surface area (Å²) in [7, 11) is 1.95. The van der Waals surface area contributed by atoms with E-state index < -0.39 is 0 Å². The molecule has 0 aliphatic carbocycles. The summed E-state index contributed by atoms with van der Waals surface area (Å²) < 4.78 is 5.59.